The quantitative estimate of drug-likeness (QED) is 0.946. The van der Waals surface area contributed by atoms with Crippen LogP contribution in [0.4, 0.5) is 10.5 Å². The minimum absolute atomic E-state index is 0.347. The van der Waals surface area contributed by atoms with Gasteiger partial charge in [0.05, 0.1) is 25.7 Å². The van der Waals surface area contributed by atoms with Crippen LogP contribution >= 0.6 is 0 Å². The Hall–Kier alpha value is -2.50. The standard InChI is InChI=1S/C17H19N3O3/c1-3-20(17(21)22-2)10-4-5-14-11(6-10)15-12(8-23-14)16(15)13-7-18-9-19-13/h4-7,9,12,15-16H,3,8H2,1-2H3,(H,18,19)/t12-,15+,16?/m0/s1. The lowest BCUT2D eigenvalue weighted by Crippen LogP contribution is -2.30. The lowest BCUT2D eigenvalue weighted by molar-refractivity contribution is 0.179. The van der Waals surface area contributed by atoms with Gasteiger partial charge in [0, 0.05) is 41.7 Å². The molecule has 1 N–H and O–H groups in total. The fourth-order valence-corrected chi connectivity index (χ4v) is 3.67. The van der Waals surface area contributed by atoms with E-state index in [1.807, 2.05) is 25.3 Å². The highest BCUT2D eigenvalue weighted by atomic mass is 16.5. The minimum atomic E-state index is -0.347. The first kappa shape index (κ1) is 14.1. The number of amides is 1. The van der Waals surface area contributed by atoms with E-state index in [0.717, 1.165) is 29.3 Å². The van der Waals surface area contributed by atoms with Crippen LogP contribution in [-0.4, -0.2) is 36.3 Å². The third kappa shape index (κ3) is 2.17. The molecule has 1 aliphatic carbocycles. The smallest absolute Gasteiger partial charge is 0.413 e. The van der Waals surface area contributed by atoms with E-state index >= 15 is 0 Å². The summed E-state index contributed by atoms with van der Waals surface area (Å²) in [6.07, 6.45) is 3.33. The van der Waals surface area contributed by atoms with Gasteiger partial charge < -0.3 is 14.5 Å². The molecule has 1 saturated carbocycles. The summed E-state index contributed by atoms with van der Waals surface area (Å²) in [5.41, 5.74) is 3.09. The van der Waals surface area contributed by atoms with E-state index in [-0.39, 0.29) is 6.09 Å². The average Bonchev–Trinajstić information content (AvgIpc) is 3.08. The number of rotatable bonds is 3. The van der Waals surface area contributed by atoms with Crippen LogP contribution in [0.3, 0.4) is 0 Å². The highest BCUT2D eigenvalue weighted by molar-refractivity contribution is 5.87. The number of carbonyl (C=O) groups is 1. The van der Waals surface area contributed by atoms with Crippen LogP contribution in [0.15, 0.2) is 30.7 Å². The van der Waals surface area contributed by atoms with Gasteiger partial charge in [0.2, 0.25) is 0 Å². The number of ether oxygens (including phenoxy) is 2. The van der Waals surface area contributed by atoms with Gasteiger partial charge in [0.1, 0.15) is 5.75 Å². The Morgan fingerprint density at radius 1 is 1.48 bits per heavy atom. The molecule has 3 atom stereocenters. The number of H-pyrrole nitrogens is 1. The number of aromatic nitrogens is 2. The molecule has 2 heterocycles. The number of anilines is 1. The van der Waals surface area contributed by atoms with Crippen molar-refractivity contribution >= 4 is 11.8 Å². The molecule has 0 bridgehead atoms. The number of benzene rings is 1. The lowest BCUT2D eigenvalue weighted by Gasteiger charge is -2.22. The van der Waals surface area contributed by atoms with Gasteiger partial charge in [-0.05, 0) is 25.1 Å². The fraction of sp³-hybridized carbons (Fsp3) is 0.412. The van der Waals surface area contributed by atoms with Crippen LogP contribution in [0.5, 0.6) is 5.75 Å². The fourth-order valence-electron chi connectivity index (χ4n) is 3.67. The number of fused-ring (bicyclic) bond motifs is 3. The highest BCUT2D eigenvalue weighted by Gasteiger charge is 2.56. The third-order valence-electron chi connectivity index (χ3n) is 4.84. The Labute approximate surface area is 134 Å². The summed E-state index contributed by atoms with van der Waals surface area (Å²) in [7, 11) is 1.40. The lowest BCUT2D eigenvalue weighted by atomic mass is 10.0. The van der Waals surface area contributed by atoms with Gasteiger partial charge in [-0.2, -0.15) is 0 Å². The summed E-state index contributed by atoms with van der Waals surface area (Å²) < 4.78 is 10.7. The molecule has 1 fully saturated rings. The molecule has 4 rings (SSSR count). The molecule has 1 aromatic heterocycles. The predicted octanol–water partition coefficient (Wildman–Crippen LogP) is 2.89. The van der Waals surface area contributed by atoms with Crippen LogP contribution in [0.2, 0.25) is 0 Å². The molecule has 2 aromatic rings. The normalized spacial score (nSPS) is 24.2. The van der Waals surface area contributed by atoms with E-state index < -0.39 is 0 Å². The molecule has 1 amide bonds. The topological polar surface area (TPSA) is 67.5 Å². The number of aromatic amines is 1. The Morgan fingerprint density at radius 2 is 2.35 bits per heavy atom. The zero-order chi connectivity index (χ0) is 16.0. The van der Waals surface area contributed by atoms with Crippen molar-refractivity contribution in [2.75, 3.05) is 25.2 Å². The summed E-state index contributed by atoms with van der Waals surface area (Å²) in [5.74, 6) is 2.19. The molecule has 0 saturated heterocycles. The number of hydrogen-bond acceptors (Lipinski definition) is 4. The summed E-state index contributed by atoms with van der Waals surface area (Å²) in [6.45, 7) is 3.21. The van der Waals surface area contributed by atoms with E-state index in [2.05, 4.69) is 16.0 Å². The molecule has 1 aromatic carbocycles. The number of nitrogens with one attached hydrogen (secondary N) is 1. The van der Waals surface area contributed by atoms with Gasteiger partial charge >= 0.3 is 6.09 Å². The maximum Gasteiger partial charge on any atom is 0.413 e. The largest absolute Gasteiger partial charge is 0.493 e. The van der Waals surface area contributed by atoms with E-state index in [4.69, 9.17) is 9.47 Å². The van der Waals surface area contributed by atoms with E-state index in [0.29, 0.717) is 24.3 Å². The van der Waals surface area contributed by atoms with Crippen LogP contribution in [0.1, 0.15) is 30.0 Å². The van der Waals surface area contributed by atoms with Crippen molar-refractivity contribution in [1.82, 2.24) is 9.97 Å². The van der Waals surface area contributed by atoms with Crippen LogP contribution < -0.4 is 9.64 Å². The molecule has 120 valence electrons. The van der Waals surface area contributed by atoms with Crippen molar-refractivity contribution in [3.63, 3.8) is 0 Å². The summed E-state index contributed by atoms with van der Waals surface area (Å²) in [6, 6.07) is 5.91. The second kappa shape index (κ2) is 5.30. The maximum atomic E-state index is 11.9. The highest BCUT2D eigenvalue weighted by Crippen LogP contribution is 2.64. The number of hydrogen-bond donors (Lipinski definition) is 1. The molecular formula is C17H19N3O3. The van der Waals surface area contributed by atoms with Crippen LogP contribution in [0.25, 0.3) is 0 Å². The average molecular weight is 313 g/mol. The summed E-state index contributed by atoms with van der Waals surface area (Å²) >= 11 is 0. The molecular weight excluding hydrogens is 294 g/mol. The first-order valence-electron chi connectivity index (χ1n) is 7.85. The summed E-state index contributed by atoms with van der Waals surface area (Å²) in [5, 5.41) is 0. The molecule has 2 aliphatic rings. The zero-order valence-corrected chi connectivity index (χ0v) is 13.2. The Balaban J connectivity index is 1.68. The third-order valence-corrected chi connectivity index (χ3v) is 4.84. The van der Waals surface area contributed by atoms with Crippen molar-refractivity contribution < 1.29 is 14.3 Å². The predicted molar refractivity (Wildman–Crippen MR) is 84.9 cm³/mol. The number of methoxy groups -OCH3 is 1. The van der Waals surface area contributed by atoms with Crippen LogP contribution in [-0.2, 0) is 4.74 Å². The van der Waals surface area contributed by atoms with Crippen molar-refractivity contribution in [3.8, 4) is 5.75 Å². The van der Waals surface area contributed by atoms with Gasteiger partial charge in [0.15, 0.2) is 0 Å². The van der Waals surface area contributed by atoms with Gasteiger partial charge in [-0.25, -0.2) is 9.78 Å². The van der Waals surface area contributed by atoms with Crippen molar-refractivity contribution in [1.29, 1.82) is 0 Å². The van der Waals surface area contributed by atoms with Gasteiger partial charge in [0.25, 0.3) is 0 Å². The molecule has 23 heavy (non-hydrogen) atoms. The number of carbonyl (C=O) groups excluding carboxylic acids is 1. The minimum Gasteiger partial charge on any atom is -0.493 e. The molecule has 6 nitrogen and oxygen atoms in total. The second-order valence-corrected chi connectivity index (χ2v) is 5.96. The Morgan fingerprint density at radius 3 is 3.04 bits per heavy atom. The van der Waals surface area contributed by atoms with Crippen molar-refractivity contribution in [2.45, 2.75) is 18.8 Å². The molecule has 1 aliphatic heterocycles. The Kier molecular flexibility index (Phi) is 3.25. The first-order chi connectivity index (χ1) is 11.2. The SMILES string of the molecule is CCN(C(=O)OC)c1ccc2c(c1)[C@H]1C(c3c[nH]cn3)[C@H]1CO2. The monoisotopic (exact) mass is 313 g/mol. The Bertz CT molecular complexity index is 729. The maximum absolute atomic E-state index is 11.9. The van der Waals surface area contributed by atoms with Crippen LogP contribution in [0, 0.1) is 5.92 Å². The van der Waals surface area contributed by atoms with Gasteiger partial charge in [-0.1, -0.05) is 0 Å². The first-order valence-corrected chi connectivity index (χ1v) is 7.85. The van der Waals surface area contributed by atoms with Gasteiger partial charge in [-0.3, -0.25) is 4.90 Å². The molecule has 0 spiro atoms. The van der Waals surface area contributed by atoms with E-state index in [1.165, 1.54) is 7.11 Å². The molecule has 6 heteroatoms. The number of nitrogens with zero attached hydrogens (tertiary/aromatic N) is 2. The number of imidazole rings is 1. The van der Waals surface area contributed by atoms with Gasteiger partial charge in [-0.15, -0.1) is 0 Å². The summed E-state index contributed by atoms with van der Waals surface area (Å²) in [4.78, 5) is 21.0. The molecule has 1 unspecified atom stereocenters. The van der Waals surface area contributed by atoms with Crippen molar-refractivity contribution in [2.24, 2.45) is 5.92 Å². The van der Waals surface area contributed by atoms with Crippen molar-refractivity contribution in [3.05, 3.63) is 42.0 Å². The second-order valence-electron chi connectivity index (χ2n) is 5.96. The van der Waals surface area contributed by atoms with E-state index in [9.17, 15) is 4.79 Å². The zero-order valence-electron chi connectivity index (χ0n) is 13.2. The van der Waals surface area contributed by atoms with E-state index in [1.54, 1.807) is 11.2 Å². The molecule has 0 radical (unpaired) electrons.